The van der Waals surface area contributed by atoms with Crippen LogP contribution in [-0.4, -0.2) is 35.0 Å². The second kappa shape index (κ2) is 4.80. The SMILES string of the molecule is Cc1cc(C)cc(C(=O)N2CC(CC(=O)O)C2)c1. The molecular weight excluding hydrogens is 230 g/mol. The average molecular weight is 247 g/mol. The van der Waals surface area contributed by atoms with Crippen LogP contribution in [0.2, 0.25) is 0 Å². The Hall–Kier alpha value is -1.84. The molecule has 2 rings (SSSR count). The summed E-state index contributed by atoms with van der Waals surface area (Å²) in [5.74, 6) is -0.681. The minimum Gasteiger partial charge on any atom is -0.481 e. The Bertz CT molecular complexity index is 470. The highest BCUT2D eigenvalue weighted by Crippen LogP contribution is 2.22. The number of aryl methyl sites for hydroxylation is 2. The van der Waals surface area contributed by atoms with Gasteiger partial charge in [-0.15, -0.1) is 0 Å². The number of carbonyl (C=O) groups excluding carboxylic acids is 1. The van der Waals surface area contributed by atoms with Gasteiger partial charge in [0.25, 0.3) is 5.91 Å². The number of hydrogen-bond donors (Lipinski definition) is 1. The molecule has 1 saturated heterocycles. The normalized spacial score (nSPS) is 15.3. The van der Waals surface area contributed by atoms with E-state index in [1.165, 1.54) is 0 Å². The molecule has 1 aliphatic rings. The lowest BCUT2D eigenvalue weighted by molar-refractivity contribution is -0.139. The monoisotopic (exact) mass is 247 g/mol. The van der Waals surface area contributed by atoms with Crippen molar-refractivity contribution in [3.63, 3.8) is 0 Å². The van der Waals surface area contributed by atoms with Gasteiger partial charge in [-0.1, -0.05) is 17.2 Å². The van der Waals surface area contributed by atoms with Crippen molar-refractivity contribution >= 4 is 11.9 Å². The topological polar surface area (TPSA) is 57.6 Å². The number of benzene rings is 1. The van der Waals surface area contributed by atoms with Crippen molar-refractivity contribution in [2.24, 2.45) is 5.92 Å². The summed E-state index contributed by atoms with van der Waals surface area (Å²) < 4.78 is 0. The molecule has 4 nitrogen and oxygen atoms in total. The summed E-state index contributed by atoms with van der Waals surface area (Å²) in [5, 5.41) is 8.66. The van der Waals surface area contributed by atoms with Gasteiger partial charge < -0.3 is 10.0 Å². The minimum absolute atomic E-state index is 0.00318. The molecule has 18 heavy (non-hydrogen) atoms. The number of carbonyl (C=O) groups is 2. The zero-order chi connectivity index (χ0) is 13.3. The summed E-state index contributed by atoms with van der Waals surface area (Å²) in [7, 11) is 0. The van der Waals surface area contributed by atoms with Crippen LogP contribution in [-0.2, 0) is 4.79 Å². The summed E-state index contributed by atoms with van der Waals surface area (Å²) in [5.41, 5.74) is 2.84. The molecular formula is C14H17NO3. The Morgan fingerprint density at radius 1 is 1.22 bits per heavy atom. The van der Waals surface area contributed by atoms with Crippen molar-refractivity contribution < 1.29 is 14.7 Å². The maximum absolute atomic E-state index is 12.1. The zero-order valence-electron chi connectivity index (χ0n) is 10.6. The van der Waals surface area contributed by atoms with E-state index in [4.69, 9.17) is 5.11 Å². The van der Waals surface area contributed by atoms with Crippen LogP contribution in [0.5, 0.6) is 0 Å². The van der Waals surface area contributed by atoms with Crippen LogP contribution in [0.15, 0.2) is 18.2 Å². The van der Waals surface area contributed by atoms with Crippen LogP contribution in [0.4, 0.5) is 0 Å². The fourth-order valence-electron chi connectivity index (χ4n) is 2.39. The van der Waals surface area contributed by atoms with E-state index in [0.717, 1.165) is 11.1 Å². The van der Waals surface area contributed by atoms with Crippen molar-refractivity contribution in [2.45, 2.75) is 20.3 Å². The van der Waals surface area contributed by atoms with Gasteiger partial charge in [-0.05, 0) is 26.0 Å². The molecule has 0 spiro atoms. The summed E-state index contributed by atoms with van der Waals surface area (Å²) >= 11 is 0. The minimum atomic E-state index is -0.793. The van der Waals surface area contributed by atoms with Crippen molar-refractivity contribution in [2.75, 3.05) is 13.1 Å². The van der Waals surface area contributed by atoms with Crippen LogP contribution in [0.1, 0.15) is 27.9 Å². The smallest absolute Gasteiger partial charge is 0.303 e. The predicted octanol–water partition coefficient (Wildman–Crippen LogP) is 1.85. The molecule has 4 heteroatoms. The molecule has 0 saturated carbocycles. The largest absolute Gasteiger partial charge is 0.481 e. The highest BCUT2D eigenvalue weighted by atomic mass is 16.4. The number of amides is 1. The first kappa shape index (κ1) is 12.6. The second-order valence-corrected chi connectivity index (χ2v) is 5.05. The first-order chi connectivity index (χ1) is 8.45. The molecule has 0 atom stereocenters. The Morgan fingerprint density at radius 2 is 1.78 bits per heavy atom. The van der Waals surface area contributed by atoms with E-state index in [0.29, 0.717) is 18.7 Å². The molecule has 0 radical (unpaired) electrons. The molecule has 1 aliphatic heterocycles. The van der Waals surface area contributed by atoms with Crippen LogP contribution >= 0.6 is 0 Å². The van der Waals surface area contributed by atoms with Crippen molar-refractivity contribution in [1.29, 1.82) is 0 Å². The molecule has 1 amide bonds. The predicted molar refractivity (Wildman–Crippen MR) is 67.6 cm³/mol. The fraction of sp³-hybridized carbons (Fsp3) is 0.429. The standard InChI is InChI=1S/C14H17NO3/c1-9-3-10(2)5-12(4-9)14(18)15-7-11(8-15)6-13(16)17/h3-5,11H,6-8H2,1-2H3,(H,16,17). The first-order valence-corrected chi connectivity index (χ1v) is 6.05. The average Bonchev–Trinajstić information content (AvgIpc) is 2.20. The maximum Gasteiger partial charge on any atom is 0.303 e. The van der Waals surface area contributed by atoms with Crippen molar-refractivity contribution in [1.82, 2.24) is 4.90 Å². The van der Waals surface area contributed by atoms with Crippen molar-refractivity contribution in [3.05, 3.63) is 34.9 Å². The summed E-state index contributed by atoms with van der Waals surface area (Å²) in [6, 6.07) is 5.78. The van der Waals surface area contributed by atoms with E-state index >= 15 is 0 Å². The lowest BCUT2D eigenvalue weighted by Gasteiger charge is -2.38. The molecule has 1 aromatic carbocycles. The van der Waals surface area contributed by atoms with Gasteiger partial charge in [0.15, 0.2) is 0 Å². The van der Waals surface area contributed by atoms with Gasteiger partial charge in [0.1, 0.15) is 0 Å². The van der Waals surface area contributed by atoms with E-state index in [-0.39, 0.29) is 18.2 Å². The zero-order valence-corrected chi connectivity index (χ0v) is 10.6. The number of hydrogen-bond acceptors (Lipinski definition) is 2. The van der Waals surface area contributed by atoms with Gasteiger partial charge in [-0.25, -0.2) is 0 Å². The van der Waals surface area contributed by atoms with E-state index < -0.39 is 5.97 Å². The van der Waals surface area contributed by atoms with E-state index in [9.17, 15) is 9.59 Å². The third kappa shape index (κ3) is 2.70. The molecule has 0 aliphatic carbocycles. The van der Waals surface area contributed by atoms with Crippen LogP contribution in [0.3, 0.4) is 0 Å². The van der Waals surface area contributed by atoms with Gasteiger partial charge in [0, 0.05) is 24.6 Å². The van der Waals surface area contributed by atoms with Gasteiger partial charge in [-0.3, -0.25) is 9.59 Å². The molecule has 1 N–H and O–H groups in total. The summed E-state index contributed by atoms with van der Waals surface area (Å²) in [6.07, 6.45) is 0.149. The van der Waals surface area contributed by atoms with Gasteiger partial charge in [-0.2, -0.15) is 0 Å². The van der Waals surface area contributed by atoms with Crippen LogP contribution < -0.4 is 0 Å². The number of carboxylic acid groups (broad SMARTS) is 1. The number of nitrogens with zero attached hydrogens (tertiary/aromatic N) is 1. The Kier molecular flexibility index (Phi) is 3.36. The molecule has 0 bridgehead atoms. The van der Waals surface area contributed by atoms with Gasteiger partial charge in [0.05, 0.1) is 6.42 Å². The van der Waals surface area contributed by atoms with Crippen LogP contribution in [0, 0.1) is 19.8 Å². The van der Waals surface area contributed by atoms with E-state index in [1.54, 1.807) is 4.90 Å². The van der Waals surface area contributed by atoms with Crippen molar-refractivity contribution in [3.8, 4) is 0 Å². The Morgan fingerprint density at radius 3 is 2.28 bits per heavy atom. The lowest BCUT2D eigenvalue weighted by Crippen LogP contribution is -2.50. The first-order valence-electron chi connectivity index (χ1n) is 6.05. The molecule has 96 valence electrons. The Balaban J connectivity index is 1.99. The number of likely N-dealkylation sites (tertiary alicyclic amines) is 1. The third-order valence-electron chi connectivity index (χ3n) is 3.18. The maximum atomic E-state index is 12.1. The lowest BCUT2D eigenvalue weighted by atomic mass is 9.95. The quantitative estimate of drug-likeness (QED) is 0.886. The third-order valence-corrected chi connectivity index (χ3v) is 3.18. The summed E-state index contributed by atoms with van der Waals surface area (Å²) in [6.45, 7) is 5.04. The summed E-state index contributed by atoms with van der Waals surface area (Å²) in [4.78, 5) is 24.4. The second-order valence-electron chi connectivity index (χ2n) is 5.05. The Labute approximate surface area is 106 Å². The highest BCUT2D eigenvalue weighted by molar-refractivity contribution is 5.95. The fourth-order valence-corrected chi connectivity index (χ4v) is 2.39. The molecule has 1 fully saturated rings. The van der Waals surface area contributed by atoms with Crippen LogP contribution in [0.25, 0.3) is 0 Å². The molecule has 0 aromatic heterocycles. The van der Waals surface area contributed by atoms with Gasteiger partial charge in [0.2, 0.25) is 0 Å². The molecule has 1 aromatic rings. The van der Waals surface area contributed by atoms with E-state index in [2.05, 4.69) is 0 Å². The van der Waals surface area contributed by atoms with E-state index in [1.807, 2.05) is 32.0 Å². The number of carboxylic acids is 1. The highest BCUT2D eigenvalue weighted by Gasteiger charge is 2.32. The number of aliphatic carboxylic acids is 1. The van der Waals surface area contributed by atoms with Gasteiger partial charge >= 0.3 is 5.97 Å². The molecule has 0 unspecified atom stereocenters. The molecule has 1 heterocycles. The number of rotatable bonds is 3.